The third-order valence-corrected chi connectivity index (χ3v) is 12.7. The minimum Gasteiger partial charge on any atom is -0.459 e. The summed E-state index contributed by atoms with van der Waals surface area (Å²) in [6.07, 6.45) is -5.45. The Morgan fingerprint density at radius 1 is 1.05 bits per heavy atom. The zero-order chi connectivity index (χ0) is 48.0. The number of hydrogen-bond donors (Lipinski definition) is 3. The number of aromatic nitrogens is 2. The number of aliphatic hydroxyl groups excluding tert-OH is 1. The average molecular weight is 913 g/mol. The van der Waals surface area contributed by atoms with Gasteiger partial charge in [0, 0.05) is 43.1 Å². The first kappa shape index (κ1) is 51.5. The van der Waals surface area contributed by atoms with Crippen molar-refractivity contribution in [3.63, 3.8) is 0 Å². The molecule has 360 valence electrons. The summed E-state index contributed by atoms with van der Waals surface area (Å²) in [5.41, 5.74) is -1.78. The van der Waals surface area contributed by atoms with E-state index in [1.165, 1.54) is 20.8 Å². The number of ether oxygens (including phenoxy) is 5. The van der Waals surface area contributed by atoms with Gasteiger partial charge in [0.1, 0.15) is 40.8 Å². The predicted octanol–water partition coefficient (Wildman–Crippen LogP) is 3.92. The summed E-state index contributed by atoms with van der Waals surface area (Å²) < 4.78 is 38.0. The van der Waals surface area contributed by atoms with Gasteiger partial charge in [0.05, 0.1) is 42.8 Å². The van der Waals surface area contributed by atoms with Crippen molar-refractivity contribution in [3.8, 4) is 11.4 Å². The van der Waals surface area contributed by atoms with Crippen molar-refractivity contribution in [1.29, 1.82) is 0 Å². The van der Waals surface area contributed by atoms with Gasteiger partial charge in [0.25, 0.3) is 5.91 Å². The lowest BCUT2D eigenvalue weighted by molar-refractivity contribution is -0.296. The first-order valence-electron chi connectivity index (χ1n) is 22.5. The summed E-state index contributed by atoms with van der Waals surface area (Å²) in [5.74, 6) is -5.61. The molecule has 0 spiro atoms. The summed E-state index contributed by atoms with van der Waals surface area (Å²) in [7, 11) is 3.70. The van der Waals surface area contributed by atoms with Gasteiger partial charge in [-0.2, -0.15) is 0 Å². The standard InChI is InChI=1S/C46H68N6O13/c1-13-36-46(10,58)41-26(5)37(48-29(8)53)24(3)20-45(9,40(27(6)38(54)28(7)43(57)63-36)64-44-39(55)35(52(11)12)18-25(4)62-44)60-22-30(21-59-41)50-61-23-31-19-34(51-65-31)32-16-15-17-33(49-32)42(56)47-14-2/h15-17,19,24-28,35-36,39-41,44,55,58H,13-14,18,20-23H2,1-12H3,(H,47,56)/b48-37?,50-30+/t24-,25-,26+,27+,28-,35+,36-,39-,40-,41?,44+,45-,46-/m1/s1. The Balaban J connectivity index is 1.60. The van der Waals surface area contributed by atoms with E-state index in [9.17, 15) is 29.4 Å². The normalized spacial score (nSPS) is 35.5. The molecule has 0 radical (unpaired) electrons. The van der Waals surface area contributed by atoms with E-state index >= 15 is 0 Å². The number of esters is 1. The molecular weight excluding hydrogens is 845 g/mol. The number of ketones is 1. The minimum absolute atomic E-state index is 0.0937. The second-order valence-electron chi connectivity index (χ2n) is 18.3. The molecule has 2 aromatic rings. The number of Topliss-reactive ketones (excluding diaryl/α,β-unsaturated/α-hetero) is 1. The Morgan fingerprint density at radius 2 is 1.77 bits per heavy atom. The Bertz CT molecular complexity index is 2060. The number of pyridine rings is 1. The van der Waals surface area contributed by atoms with Crippen LogP contribution in [-0.2, 0) is 49.5 Å². The monoisotopic (exact) mass is 912 g/mol. The van der Waals surface area contributed by atoms with E-state index in [4.69, 9.17) is 33.0 Å². The van der Waals surface area contributed by atoms with Crippen LogP contribution in [0.4, 0.5) is 0 Å². The van der Waals surface area contributed by atoms with Gasteiger partial charge in [-0.3, -0.25) is 19.2 Å². The number of nitrogens with zero attached hydrogens (tertiary/aromatic N) is 5. The van der Waals surface area contributed by atoms with Gasteiger partial charge in [-0.15, -0.1) is 0 Å². The summed E-state index contributed by atoms with van der Waals surface area (Å²) in [6, 6.07) is 6.23. The van der Waals surface area contributed by atoms with Gasteiger partial charge in [0.15, 0.2) is 24.4 Å². The second-order valence-corrected chi connectivity index (χ2v) is 18.3. The fraction of sp³-hybridized carbons (Fsp3) is 0.696. The van der Waals surface area contributed by atoms with Crippen molar-refractivity contribution >= 4 is 35.0 Å². The Hall–Kier alpha value is -4.50. The molecule has 19 nitrogen and oxygen atoms in total. The first-order chi connectivity index (χ1) is 30.6. The summed E-state index contributed by atoms with van der Waals surface area (Å²) in [5, 5.41) is 35.4. The van der Waals surface area contributed by atoms with Crippen LogP contribution in [0.2, 0.25) is 0 Å². The van der Waals surface area contributed by atoms with Crippen LogP contribution in [-0.4, -0.2) is 148 Å². The Kier molecular flexibility index (Phi) is 17.3. The van der Waals surface area contributed by atoms with Gasteiger partial charge in [-0.05, 0) is 86.0 Å². The van der Waals surface area contributed by atoms with Crippen LogP contribution in [0.1, 0.15) is 105 Å². The molecule has 3 aliphatic rings. The molecule has 5 heterocycles. The van der Waals surface area contributed by atoms with Crippen molar-refractivity contribution in [1.82, 2.24) is 20.4 Å². The third-order valence-electron chi connectivity index (χ3n) is 12.7. The number of amides is 2. The topological polar surface area (TPSA) is 243 Å². The van der Waals surface area contributed by atoms with Gasteiger partial charge < -0.3 is 53.5 Å². The quantitative estimate of drug-likeness (QED) is 0.174. The minimum atomic E-state index is -1.90. The van der Waals surface area contributed by atoms with E-state index in [1.54, 1.807) is 52.0 Å². The number of carbonyl (C=O) groups is 4. The number of cyclic esters (lactones) is 1. The van der Waals surface area contributed by atoms with E-state index in [0.29, 0.717) is 30.1 Å². The number of carbonyl (C=O) groups excluding carboxylic acids is 4. The fourth-order valence-electron chi connectivity index (χ4n) is 9.25. The molecular formula is C46H68N6O13. The van der Waals surface area contributed by atoms with Crippen LogP contribution in [0, 0.1) is 23.7 Å². The van der Waals surface area contributed by atoms with Crippen LogP contribution in [0.15, 0.2) is 38.9 Å². The highest BCUT2D eigenvalue weighted by Gasteiger charge is 2.53. The molecule has 2 aromatic heterocycles. The lowest BCUT2D eigenvalue weighted by Gasteiger charge is -2.47. The molecule has 0 aromatic carbocycles. The molecule has 2 amide bonds. The molecule has 3 aliphatic heterocycles. The van der Waals surface area contributed by atoms with Crippen LogP contribution in [0.3, 0.4) is 0 Å². The predicted molar refractivity (Wildman–Crippen MR) is 237 cm³/mol. The molecule has 0 aliphatic carbocycles. The Morgan fingerprint density at radius 3 is 2.43 bits per heavy atom. The smallest absolute Gasteiger partial charge is 0.316 e. The number of likely N-dealkylation sites (N-methyl/N-ethyl adjacent to an activating group) is 1. The highest BCUT2D eigenvalue weighted by Crippen LogP contribution is 2.40. The molecule has 1 unspecified atom stereocenters. The summed E-state index contributed by atoms with van der Waals surface area (Å²) in [6.45, 7) is 16.4. The average Bonchev–Trinajstić information content (AvgIpc) is 3.73. The molecule has 3 N–H and O–H groups in total. The molecule has 3 fully saturated rings. The number of aliphatic hydroxyl groups is 2. The molecule has 2 bridgehead atoms. The molecule has 5 rings (SSSR count). The van der Waals surface area contributed by atoms with Crippen LogP contribution in [0.5, 0.6) is 0 Å². The lowest BCUT2D eigenvalue weighted by atomic mass is 9.73. The van der Waals surface area contributed by atoms with Crippen molar-refractivity contribution in [3.05, 3.63) is 35.7 Å². The number of rotatable bonds is 10. The van der Waals surface area contributed by atoms with E-state index in [0.717, 1.165) is 0 Å². The molecule has 3 saturated heterocycles. The van der Waals surface area contributed by atoms with E-state index in [2.05, 4.69) is 25.6 Å². The lowest BCUT2D eigenvalue weighted by Crippen LogP contribution is -2.60. The van der Waals surface area contributed by atoms with Gasteiger partial charge >= 0.3 is 5.97 Å². The number of aliphatic imine (C=N–C) groups is 1. The first-order valence-corrected chi connectivity index (χ1v) is 22.5. The second kappa shape index (κ2) is 21.9. The summed E-state index contributed by atoms with van der Waals surface area (Å²) in [4.78, 5) is 70.4. The van der Waals surface area contributed by atoms with Crippen LogP contribution < -0.4 is 5.32 Å². The number of fused-ring (bicyclic) bond motifs is 5. The summed E-state index contributed by atoms with van der Waals surface area (Å²) >= 11 is 0. The highest BCUT2D eigenvalue weighted by molar-refractivity contribution is 6.00. The third kappa shape index (κ3) is 12.1. The van der Waals surface area contributed by atoms with Gasteiger partial charge in [-0.25, -0.2) is 9.98 Å². The highest BCUT2D eigenvalue weighted by atomic mass is 16.7. The van der Waals surface area contributed by atoms with E-state index in [-0.39, 0.29) is 67.9 Å². The zero-order valence-corrected chi connectivity index (χ0v) is 39.7. The molecule has 0 saturated carbocycles. The zero-order valence-electron chi connectivity index (χ0n) is 39.7. The molecule has 19 heteroatoms. The molecule has 65 heavy (non-hydrogen) atoms. The molecule has 13 atom stereocenters. The maximum Gasteiger partial charge on any atom is 0.316 e. The largest absolute Gasteiger partial charge is 0.459 e. The van der Waals surface area contributed by atoms with Crippen LogP contribution >= 0.6 is 0 Å². The fourth-order valence-corrected chi connectivity index (χ4v) is 9.25. The van der Waals surface area contributed by atoms with Crippen LogP contribution in [0.25, 0.3) is 11.4 Å². The maximum absolute atomic E-state index is 14.6. The number of oxime groups is 1. The van der Waals surface area contributed by atoms with E-state index < -0.39 is 83.2 Å². The van der Waals surface area contributed by atoms with Crippen molar-refractivity contribution in [2.24, 2.45) is 33.8 Å². The van der Waals surface area contributed by atoms with Crippen molar-refractivity contribution in [2.75, 3.05) is 33.9 Å². The SMILES string of the molecule is CCNC(=O)c1cccc(-c2cc(CO/N=C3\COC4[C@@H](C)C(=NC(C)=O)[C@H](C)C[C@@](C)(OC3)[C@H](O[C@@H]3O[C@H](C)C[C@H](N(C)C)[C@H]3O)[C@@H](C)C(=O)[C@@H](C)C(=O)O[C@H](CC)[C@@]4(C)O)on2)n1. The van der Waals surface area contributed by atoms with Crippen molar-refractivity contribution in [2.45, 2.75) is 149 Å². The Labute approximate surface area is 380 Å². The number of hydrogen-bond acceptors (Lipinski definition) is 17. The van der Waals surface area contributed by atoms with Gasteiger partial charge in [0.2, 0.25) is 5.91 Å². The van der Waals surface area contributed by atoms with Gasteiger partial charge in [-0.1, -0.05) is 44.1 Å². The van der Waals surface area contributed by atoms with E-state index in [1.807, 2.05) is 39.8 Å². The van der Waals surface area contributed by atoms with Crippen molar-refractivity contribution < 1.29 is 62.4 Å². The maximum atomic E-state index is 14.6. The number of nitrogens with one attached hydrogen (secondary N) is 1.